The first-order valence-corrected chi connectivity index (χ1v) is 5.46. The van der Waals surface area contributed by atoms with E-state index in [1.54, 1.807) is 0 Å². The van der Waals surface area contributed by atoms with Crippen molar-refractivity contribution in [3.05, 3.63) is 34.1 Å². The van der Waals surface area contributed by atoms with Crippen LogP contribution in [0.25, 0.3) is 0 Å². The Kier molecular flexibility index (Phi) is 4.58. The van der Waals surface area contributed by atoms with Gasteiger partial charge >= 0.3 is 12.0 Å². The summed E-state index contributed by atoms with van der Waals surface area (Å²) in [6, 6.07) is 0.860. The largest absolute Gasteiger partial charge is 0.443 e. The third kappa shape index (κ3) is 2.90. The highest BCUT2D eigenvalue weighted by Gasteiger charge is 2.48. The number of amides is 1. The van der Waals surface area contributed by atoms with Crippen LogP contribution in [-0.2, 0) is 4.74 Å². The molecule has 0 radical (unpaired) electrons. The van der Waals surface area contributed by atoms with Crippen LogP contribution in [0.3, 0.4) is 0 Å². The molecule has 8 heteroatoms. The molecule has 1 aliphatic rings. The van der Waals surface area contributed by atoms with E-state index in [-0.39, 0.29) is 23.0 Å². The fourth-order valence-electron chi connectivity index (χ4n) is 1.74. The van der Waals surface area contributed by atoms with Crippen molar-refractivity contribution in [1.29, 1.82) is 0 Å². The zero-order valence-corrected chi connectivity index (χ0v) is 11.2. The normalized spacial score (nSPS) is 21.1. The smallest absolute Gasteiger partial charge is 0.408 e. The van der Waals surface area contributed by atoms with Gasteiger partial charge in [0, 0.05) is 10.6 Å². The highest BCUT2D eigenvalue weighted by Crippen LogP contribution is 2.39. The Morgan fingerprint density at radius 3 is 2.74 bits per heavy atom. The minimum Gasteiger partial charge on any atom is -0.443 e. The molecular weight excluding hydrogens is 306 g/mol. The van der Waals surface area contributed by atoms with E-state index in [4.69, 9.17) is 11.6 Å². The van der Waals surface area contributed by atoms with Crippen molar-refractivity contribution < 1.29 is 22.7 Å². The van der Waals surface area contributed by atoms with E-state index in [0.717, 1.165) is 0 Å². The summed E-state index contributed by atoms with van der Waals surface area (Å²) < 4.78 is 45.4. The maximum absolute atomic E-state index is 13.9. The molecule has 1 aromatic rings. The lowest BCUT2D eigenvalue weighted by molar-refractivity contribution is -0.104. The van der Waals surface area contributed by atoms with Gasteiger partial charge in [-0.2, -0.15) is 0 Å². The van der Waals surface area contributed by atoms with Gasteiger partial charge in [0.2, 0.25) is 0 Å². The van der Waals surface area contributed by atoms with Crippen LogP contribution in [0.1, 0.15) is 17.2 Å². The van der Waals surface area contributed by atoms with Crippen LogP contribution in [-0.4, -0.2) is 18.6 Å². The number of carbonyl (C=O) groups is 1. The topological polar surface area (TPSA) is 38.3 Å². The lowest BCUT2D eigenvalue weighted by Crippen LogP contribution is -2.50. The van der Waals surface area contributed by atoms with E-state index in [1.807, 2.05) is 5.32 Å². The summed E-state index contributed by atoms with van der Waals surface area (Å²) in [4.78, 5) is 11.0. The Morgan fingerprint density at radius 2 is 2.11 bits per heavy atom. The van der Waals surface area contributed by atoms with E-state index in [9.17, 15) is 18.0 Å². The van der Waals surface area contributed by atoms with Crippen molar-refractivity contribution >= 4 is 30.1 Å². The molecule has 1 heterocycles. The number of halogens is 5. The van der Waals surface area contributed by atoms with Crippen molar-refractivity contribution in [3.8, 4) is 0 Å². The lowest BCUT2D eigenvalue weighted by atomic mass is 9.97. The second-order valence-corrected chi connectivity index (χ2v) is 4.41. The summed E-state index contributed by atoms with van der Waals surface area (Å²) in [5.74, 6) is -4.28. The van der Waals surface area contributed by atoms with Gasteiger partial charge in [0.05, 0.1) is 0 Å². The molecule has 0 spiro atoms. The molecule has 3 nitrogen and oxygen atoms in total. The summed E-state index contributed by atoms with van der Waals surface area (Å²) in [6.45, 7) is 0.321. The molecule has 0 unspecified atom stereocenters. The number of rotatable bonds is 1. The number of hydrogen-bond donors (Lipinski definition) is 1. The SMILES string of the molecule is Cc1ccc(Cl)c([C@H]2NC(=O)OCC2(F)F)c1F.Cl. The molecule has 106 valence electrons. The van der Waals surface area contributed by atoms with E-state index < -0.39 is 36.0 Å². The van der Waals surface area contributed by atoms with Gasteiger partial charge in [0.25, 0.3) is 0 Å². The lowest BCUT2D eigenvalue weighted by Gasteiger charge is -2.32. The number of alkyl carbamates (subject to hydrolysis) is 1. The zero-order chi connectivity index (χ0) is 13.5. The maximum Gasteiger partial charge on any atom is 0.408 e. The fourth-order valence-corrected chi connectivity index (χ4v) is 1.99. The molecule has 0 bridgehead atoms. The first-order valence-electron chi connectivity index (χ1n) is 5.08. The predicted molar refractivity (Wildman–Crippen MR) is 65.6 cm³/mol. The van der Waals surface area contributed by atoms with Crippen molar-refractivity contribution in [1.82, 2.24) is 5.32 Å². The highest BCUT2D eigenvalue weighted by atomic mass is 35.5. The van der Waals surface area contributed by atoms with Crippen LogP contribution < -0.4 is 5.32 Å². The molecular formula is C11H10Cl2F3NO2. The van der Waals surface area contributed by atoms with E-state index in [1.165, 1.54) is 19.1 Å². The quantitative estimate of drug-likeness (QED) is 0.859. The number of benzene rings is 1. The molecule has 1 saturated heterocycles. The minimum atomic E-state index is -3.42. The van der Waals surface area contributed by atoms with Crippen LogP contribution in [0.2, 0.25) is 5.02 Å². The average Bonchev–Trinajstić information content (AvgIpc) is 2.29. The van der Waals surface area contributed by atoms with Gasteiger partial charge in [0.1, 0.15) is 11.9 Å². The summed E-state index contributed by atoms with van der Waals surface area (Å²) in [5.41, 5.74) is -0.246. The number of carbonyl (C=O) groups excluding carboxylic acids is 1. The van der Waals surface area contributed by atoms with E-state index in [0.29, 0.717) is 0 Å². The standard InChI is InChI=1S/C11H9ClF3NO2.ClH/c1-5-2-3-6(12)7(8(5)13)9-11(14,15)4-18-10(17)16-9;/h2-3,9H,4H2,1H3,(H,16,17);1H/t9-;/m1./s1. The Morgan fingerprint density at radius 1 is 1.47 bits per heavy atom. The number of nitrogens with one attached hydrogen (secondary N) is 1. The summed E-state index contributed by atoms with van der Waals surface area (Å²) in [7, 11) is 0. The second-order valence-electron chi connectivity index (χ2n) is 4.01. The van der Waals surface area contributed by atoms with Crippen molar-refractivity contribution in [3.63, 3.8) is 0 Å². The number of cyclic esters (lactones) is 1. The van der Waals surface area contributed by atoms with Crippen LogP contribution in [0.5, 0.6) is 0 Å². The van der Waals surface area contributed by atoms with Crippen LogP contribution >= 0.6 is 24.0 Å². The van der Waals surface area contributed by atoms with Gasteiger partial charge in [-0.25, -0.2) is 18.0 Å². The molecule has 1 fully saturated rings. The zero-order valence-electron chi connectivity index (χ0n) is 9.68. The number of ether oxygens (including phenoxy) is 1. The molecule has 19 heavy (non-hydrogen) atoms. The average molecular weight is 316 g/mol. The Hall–Kier alpha value is -1.14. The van der Waals surface area contributed by atoms with Crippen molar-refractivity contribution in [2.24, 2.45) is 0 Å². The third-order valence-electron chi connectivity index (χ3n) is 2.69. The van der Waals surface area contributed by atoms with Gasteiger partial charge in [-0.1, -0.05) is 17.7 Å². The number of aryl methyl sites for hydroxylation is 1. The molecule has 2 rings (SSSR count). The number of hydrogen-bond acceptors (Lipinski definition) is 2. The Bertz CT molecular complexity index is 511. The molecule has 1 N–H and O–H groups in total. The summed E-state index contributed by atoms with van der Waals surface area (Å²) in [6.07, 6.45) is -1.03. The minimum absolute atomic E-state index is 0. The molecule has 0 aromatic heterocycles. The molecule has 1 atom stereocenters. The second kappa shape index (κ2) is 5.46. The molecule has 1 aliphatic heterocycles. The van der Waals surface area contributed by atoms with E-state index >= 15 is 0 Å². The van der Waals surface area contributed by atoms with Crippen LogP contribution in [0.4, 0.5) is 18.0 Å². The Balaban J connectivity index is 0.00000180. The van der Waals surface area contributed by atoms with Gasteiger partial charge in [0.15, 0.2) is 6.61 Å². The van der Waals surface area contributed by atoms with Gasteiger partial charge < -0.3 is 10.1 Å². The summed E-state index contributed by atoms with van der Waals surface area (Å²) in [5, 5.41) is 1.73. The van der Waals surface area contributed by atoms with Gasteiger partial charge in [-0.15, -0.1) is 12.4 Å². The first-order chi connectivity index (χ1) is 8.33. The fraction of sp³-hybridized carbons (Fsp3) is 0.364. The summed E-state index contributed by atoms with van der Waals surface area (Å²) >= 11 is 5.74. The molecule has 0 aliphatic carbocycles. The van der Waals surface area contributed by atoms with E-state index in [2.05, 4.69) is 4.74 Å². The maximum atomic E-state index is 13.9. The Labute approximate surface area is 118 Å². The number of alkyl halides is 2. The highest BCUT2D eigenvalue weighted by molar-refractivity contribution is 6.31. The third-order valence-corrected chi connectivity index (χ3v) is 3.02. The monoisotopic (exact) mass is 315 g/mol. The van der Waals surface area contributed by atoms with Gasteiger partial charge in [-0.05, 0) is 18.6 Å². The molecule has 1 amide bonds. The molecule has 1 aromatic carbocycles. The predicted octanol–water partition coefficient (Wildman–Crippen LogP) is 3.63. The molecule has 0 saturated carbocycles. The first kappa shape index (κ1) is 15.9. The van der Waals surface area contributed by atoms with Crippen LogP contribution in [0.15, 0.2) is 12.1 Å². The van der Waals surface area contributed by atoms with Crippen LogP contribution in [0, 0.1) is 12.7 Å². The van der Waals surface area contributed by atoms with Crippen molar-refractivity contribution in [2.75, 3.05) is 6.61 Å². The van der Waals surface area contributed by atoms with Gasteiger partial charge in [-0.3, -0.25) is 0 Å². The van der Waals surface area contributed by atoms with Crippen molar-refractivity contribution in [2.45, 2.75) is 18.9 Å².